The van der Waals surface area contributed by atoms with Crippen molar-refractivity contribution in [1.29, 1.82) is 0 Å². The van der Waals surface area contributed by atoms with Gasteiger partial charge in [-0.2, -0.15) is 11.8 Å². The fourth-order valence-corrected chi connectivity index (χ4v) is 3.52. The number of aromatic nitrogens is 1. The van der Waals surface area contributed by atoms with Crippen LogP contribution in [-0.4, -0.2) is 39.4 Å². The highest BCUT2D eigenvalue weighted by atomic mass is 35.5. The Morgan fingerprint density at radius 2 is 2.06 bits per heavy atom. The first kappa shape index (κ1) is 12.7. The molecule has 2 atom stereocenters. The van der Waals surface area contributed by atoms with Gasteiger partial charge in [0.15, 0.2) is 0 Å². The molecular weight excluding hydrogens is 256 g/mol. The van der Waals surface area contributed by atoms with Crippen molar-refractivity contribution in [3.63, 3.8) is 0 Å². The fourth-order valence-electron chi connectivity index (χ4n) is 2.03. The molecule has 1 aromatic heterocycles. The predicted molar refractivity (Wildman–Crippen MR) is 71.7 cm³/mol. The van der Waals surface area contributed by atoms with Gasteiger partial charge >= 0.3 is 0 Å². The molecule has 1 aliphatic heterocycles. The number of amides is 1. The fraction of sp³-hybridized carbons (Fsp3) is 0.500. The van der Waals surface area contributed by atoms with Gasteiger partial charge in [-0.1, -0.05) is 31.5 Å². The molecule has 92 valence electrons. The minimum atomic E-state index is -0.0218. The van der Waals surface area contributed by atoms with Crippen LogP contribution in [0.4, 0.5) is 0 Å². The standard InChI is InChI=1S/C12H15ClN2OS/c1-8-6-15(7-9(2)17-8)12(16)10-4-3-5-11(13)14-10/h3-5,8-9H,6-7H2,1-2H3. The molecule has 0 bridgehead atoms. The quantitative estimate of drug-likeness (QED) is 0.736. The van der Waals surface area contributed by atoms with Crippen molar-refractivity contribution >= 4 is 29.3 Å². The van der Waals surface area contributed by atoms with Gasteiger partial charge in [0.2, 0.25) is 0 Å². The second-order valence-electron chi connectivity index (χ2n) is 4.31. The predicted octanol–water partition coefficient (Wildman–Crippen LogP) is 2.70. The van der Waals surface area contributed by atoms with E-state index >= 15 is 0 Å². The molecule has 0 spiro atoms. The van der Waals surface area contributed by atoms with E-state index in [1.165, 1.54) is 0 Å². The molecule has 3 nitrogen and oxygen atoms in total. The third-order valence-corrected chi connectivity index (χ3v) is 4.08. The Morgan fingerprint density at radius 1 is 1.41 bits per heavy atom. The summed E-state index contributed by atoms with van der Waals surface area (Å²) in [6.07, 6.45) is 0. The number of rotatable bonds is 1. The van der Waals surface area contributed by atoms with Crippen molar-refractivity contribution in [3.8, 4) is 0 Å². The monoisotopic (exact) mass is 270 g/mol. The van der Waals surface area contributed by atoms with Crippen LogP contribution in [0.3, 0.4) is 0 Å². The summed E-state index contributed by atoms with van der Waals surface area (Å²) in [5.41, 5.74) is 0.434. The van der Waals surface area contributed by atoms with Gasteiger partial charge in [0.25, 0.3) is 5.91 Å². The van der Waals surface area contributed by atoms with Gasteiger partial charge < -0.3 is 4.90 Å². The van der Waals surface area contributed by atoms with Crippen LogP contribution >= 0.6 is 23.4 Å². The SMILES string of the molecule is CC1CN(C(=O)c2cccc(Cl)n2)CC(C)S1. The summed E-state index contributed by atoms with van der Waals surface area (Å²) in [5.74, 6) is -0.0218. The summed E-state index contributed by atoms with van der Waals surface area (Å²) in [6, 6.07) is 5.15. The van der Waals surface area contributed by atoms with Gasteiger partial charge in [0, 0.05) is 23.6 Å². The van der Waals surface area contributed by atoms with Crippen LogP contribution in [0.25, 0.3) is 0 Å². The highest BCUT2D eigenvalue weighted by molar-refractivity contribution is 8.00. The zero-order valence-corrected chi connectivity index (χ0v) is 11.5. The number of pyridine rings is 1. The lowest BCUT2D eigenvalue weighted by Gasteiger charge is -2.34. The molecule has 1 aliphatic rings. The molecule has 1 fully saturated rings. The first-order valence-corrected chi connectivity index (χ1v) is 6.95. The molecule has 1 amide bonds. The van der Waals surface area contributed by atoms with Crippen molar-refractivity contribution in [2.75, 3.05) is 13.1 Å². The molecule has 2 heterocycles. The molecule has 0 N–H and O–H groups in total. The molecule has 2 rings (SSSR count). The summed E-state index contributed by atoms with van der Waals surface area (Å²) in [6.45, 7) is 5.85. The maximum Gasteiger partial charge on any atom is 0.272 e. The van der Waals surface area contributed by atoms with Crippen LogP contribution in [0, 0.1) is 0 Å². The Hall–Kier alpha value is -0.740. The molecule has 0 saturated carbocycles. The van der Waals surface area contributed by atoms with Crippen LogP contribution in [0.1, 0.15) is 24.3 Å². The van der Waals surface area contributed by atoms with Crippen LogP contribution in [-0.2, 0) is 0 Å². The largest absolute Gasteiger partial charge is 0.335 e. The minimum Gasteiger partial charge on any atom is -0.335 e. The molecule has 0 radical (unpaired) electrons. The number of carbonyl (C=O) groups excluding carboxylic acids is 1. The Balaban J connectivity index is 2.14. The number of hydrogen-bond donors (Lipinski definition) is 0. The first-order valence-electron chi connectivity index (χ1n) is 5.63. The van der Waals surface area contributed by atoms with Crippen LogP contribution in [0.2, 0.25) is 5.15 Å². The van der Waals surface area contributed by atoms with E-state index in [1.807, 2.05) is 16.7 Å². The highest BCUT2D eigenvalue weighted by Crippen LogP contribution is 2.25. The zero-order chi connectivity index (χ0) is 12.4. The van der Waals surface area contributed by atoms with Gasteiger partial charge in [-0.3, -0.25) is 4.79 Å². The van der Waals surface area contributed by atoms with E-state index in [9.17, 15) is 4.79 Å². The summed E-state index contributed by atoms with van der Waals surface area (Å²) >= 11 is 7.72. The Morgan fingerprint density at radius 3 is 2.65 bits per heavy atom. The molecule has 0 aromatic carbocycles. The molecule has 1 saturated heterocycles. The minimum absolute atomic E-state index is 0.0218. The van der Waals surface area contributed by atoms with Crippen molar-refractivity contribution < 1.29 is 4.79 Å². The summed E-state index contributed by atoms with van der Waals surface area (Å²) < 4.78 is 0. The maximum absolute atomic E-state index is 12.2. The lowest BCUT2D eigenvalue weighted by Crippen LogP contribution is -2.44. The number of carbonyl (C=O) groups is 1. The van der Waals surface area contributed by atoms with E-state index in [2.05, 4.69) is 18.8 Å². The number of nitrogens with zero attached hydrogens (tertiary/aromatic N) is 2. The Kier molecular flexibility index (Phi) is 3.94. The third kappa shape index (κ3) is 3.13. The van der Waals surface area contributed by atoms with Crippen molar-refractivity contribution in [2.45, 2.75) is 24.3 Å². The van der Waals surface area contributed by atoms with Gasteiger partial charge in [-0.05, 0) is 12.1 Å². The lowest BCUT2D eigenvalue weighted by atomic mass is 10.2. The summed E-state index contributed by atoms with van der Waals surface area (Å²) in [7, 11) is 0. The highest BCUT2D eigenvalue weighted by Gasteiger charge is 2.27. The van der Waals surface area contributed by atoms with E-state index in [4.69, 9.17) is 11.6 Å². The topological polar surface area (TPSA) is 33.2 Å². The average molecular weight is 271 g/mol. The molecule has 1 aromatic rings. The van der Waals surface area contributed by atoms with Crippen molar-refractivity contribution in [2.24, 2.45) is 0 Å². The normalized spacial score (nSPS) is 24.8. The van der Waals surface area contributed by atoms with E-state index in [0.29, 0.717) is 21.3 Å². The first-order chi connectivity index (χ1) is 8.06. The number of thioether (sulfide) groups is 1. The molecule has 0 aliphatic carbocycles. The molecule has 2 unspecified atom stereocenters. The number of halogens is 1. The van der Waals surface area contributed by atoms with E-state index in [-0.39, 0.29) is 5.91 Å². The van der Waals surface area contributed by atoms with Crippen LogP contribution in [0.15, 0.2) is 18.2 Å². The molecular formula is C12H15ClN2OS. The maximum atomic E-state index is 12.2. The Bertz CT molecular complexity index is 417. The van der Waals surface area contributed by atoms with Crippen LogP contribution < -0.4 is 0 Å². The van der Waals surface area contributed by atoms with E-state index < -0.39 is 0 Å². The van der Waals surface area contributed by atoms with Crippen molar-refractivity contribution in [3.05, 3.63) is 29.0 Å². The van der Waals surface area contributed by atoms with Gasteiger partial charge in [-0.25, -0.2) is 4.98 Å². The Labute approximate surface area is 111 Å². The average Bonchev–Trinajstić information content (AvgIpc) is 2.26. The number of hydrogen-bond acceptors (Lipinski definition) is 3. The summed E-state index contributed by atoms with van der Waals surface area (Å²) in [4.78, 5) is 18.2. The molecule has 17 heavy (non-hydrogen) atoms. The lowest BCUT2D eigenvalue weighted by molar-refractivity contribution is 0.0747. The van der Waals surface area contributed by atoms with Gasteiger partial charge in [0.1, 0.15) is 10.8 Å². The summed E-state index contributed by atoms with van der Waals surface area (Å²) in [5, 5.41) is 1.31. The van der Waals surface area contributed by atoms with Gasteiger partial charge in [0.05, 0.1) is 0 Å². The van der Waals surface area contributed by atoms with Crippen molar-refractivity contribution in [1.82, 2.24) is 9.88 Å². The molecule has 5 heteroatoms. The van der Waals surface area contributed by atoms with E-state index in [0.717, 1.165) is 13.1 Å². The second kappa shape index (κ2) is 5.27. The zero-order valence-electron chi connectivity index (χ0n) is 9.89. The second-order valence-corrected chi connectivity index (χ2v) is 6.58. The van der Waals surface area contributed by atoms with Crippen LogP contribution in [0.5, 0.6) is 0 Å². The smallest absolute Gasteiger partial charge is 0.272 e. The van der Waals surface area contributed by atoms with E-state index in [1.54, 1.807) is 18.2 Å². The third-order valence-electron chi connectivity index (χ3n) is 2.64. The van der Waals surface area contributed by atoms with Gasteiger partial charge in [-0.15, -0.1) is 0 Å².